The molecule has 0 atom stereocenters. The Morgan fingerprint density at radius 2 is 1.21 bits per heavy atom. The Morgan fingerprint density at radius 3 is 1.67 bits per heavy atom. The van der Waals surface area contributed by atoms with Crippen molar-refractivity contribution in [2.75, 3.05) is 10.8 Å². The van der Waals surface area contributed by atoms with Crippen molar-refractivity contribution in [1.82, 2.24) is 0 Å². The van der Waals surface area contributed by atoms with E-state index in [0.717, 1.165) is 10.8 Å². The van der Waals surface area contributed by atoms with Crippen LogP contribution in [0.4, 0.5) is 5.69 Å². The van der Waals surface area contributed by atoms with Crippen molar-refractivity contribution in [3.05, 3.63) is 105 Å². The van der Waals surface area contributed by atoms with Gasteiger partial charge in [0.1, 0.15) is 5.75 Å². The summed E-state index contributed by atoms with van der Waals surface area (Å²) in [5.41, 5.74) is 0.868. The van der Waals surface area contributed by atoms with Gasteiger partial charge in [-0.2, -0.15) is 3.71 Å². The maximum absolute atomic E-state index is 13.2. The van der Waals surface area contributed by atoms with Gasteiger partial charge in [0.2, 0.25) is 0 Å². The van der Waals surface area contributed by atoms with Crippen LogP contribution < -0.4 is 8.45 Å². The van der Waals surface area contributed by atoms with Crippen LogP contribution in [-0.4, -0.2) is 23.9 Å². The van der Waals surface area contributed by atoms with Gasteiger partial charge in [-0.1, -0.05) is 53.5 Å². The average Bonchev–Trinajstić information content (AvgIpc) is 2.76. The molecule has 0 aromatic heterocycles. The van der Waals surface area contributed by atoms with Crippen LogP contribution in [0.3, 0.4) is 0 Å². The summed E-state index contributed by atoms with van der Waals surface area (Å²) < 4.78 is 58.4. The van der Waals surface area contributed by atoms with Crippen molar-refractivity contribution in [3.63, 3.8) is 0 Å². The van der Waals surface area contributed by atoms with Crippen molar-refractivity contribution >= 4 is 61.1 Å². The number of hydrogen-bond donors (Lipinski definition) is 0. The van der Waals surface area contributed by atoms with Crippen molar-refractivity contribution in [2.24, 2.45) is 0 Å². The van der Waals surface area contributed by atoms with Crippen LogP contribution in [0.15, 0.2) is 83.6 Å². The fourth-order valence-corrected chi connectivity index (χ4v) is 6.37. The van der Waals surface area contributed by atoms with Crippen molar-refractivity contribution in [3.8, 4) is 5.75 Å². The maximum Gasteiger partial charge on any atom is 0.270 e. The second-order valence-electron chi connectivity index (χ2n) is 6.70. The monoisotopic (exact) mass is 523 g/mol. The van der Waals surface area contributed by atoms with Crippen molar-refractivity contribution in [1.29, 1.82) is 0 Å². The summed E-state index contributed by atoms with van der Waals surface area (Å²) >= 11 is 11.9. The summed E-state index contributed by atoms with van der Waals surface area (Å²) in [7, 11) is -7.59. The molecule has 0 amide bonds. The summed E-state index contributed by atoms with van der Waals surface area (Å²) in [5, 5.41) is 2.44. The van der Waals surface area contributed by atoms with Gasteiger partial charge in [0.05, 0.1) is 23.6 Å². The van der Waals surface area contributed by atoms with Gasteiger partial charge < -0.3 is 4.74 Å². The fourth-order valence-electron chi connectivity index (χ4n) is 2.82. The van der Waals surface area contributed by atoms with Gasteiger partial charge in [-0.05, 0) is 59.7 Å². The minimum Gasteiger partial charge on any atom is -0.497 e. The molecule has 0 aliphatic rings. The van der Waals surface area contributed by atoms with Gasteiger partial charge in [0.15, 0.2) is 0 Å². The lowest BCUT2D eigenvalue weighted by molar-refractivity contribution is 0.415. The van der Waals surface area contributed by atoms with Crippen LogP contribution >= 0.6 is 23.2 Å². The third-order valence-corrected chi connectivity index (χ3v) is 8.31. The second kappa shape index (κ2) is 10.4. The molecule has 0 N–H and O–H groups in total. The molecule has 0 fully saturated rings. The lowest BCUT2D eigenvalue weighted by Gasteiger charge is -2.21. The summed E-state index contributed by atoms with van der Waals surface area (Å²) in [5.74, 6) is 0.292. The van der Waals surface area contributed by atoms with Gasteiger partial charge in [0, 0.05) is 16.1 Å². The highest BCUT2D eigenvalue weighted by Gasteiger charge is 2.31. The molecular weight excluding hydrogens is 505 g/mol. The van der Waals surface area contributed by atoms with E-state index in [1.807, 2.05) is 0 Å². The van der Waals surface area contributed by atoms with E-state index in [1.165, 1.54) is 37.5 Å². The molecule has 0 spiro atoms. The first-order valence-corrected chi connectivity index (χ1v) is 13.2. The van der Waals surface area contributed by atoms with E-state index in [1.54, 1.807) is 54.6 Å². The molecular formula is C23H19Cl2NO5S2. The molecule has 3 rings (SSSR count). The Morgan fingerprint density at radius 1 is 0.727 bits per heavy atom. The van der Waals surface area contributed by atoms with E-state index in [4.69, 9.17) is 27.9 Å². The molecule has 6 nitrogen and oxygen atoms in total. The Hall–Kier alpha value is -2.78. The topological polar surface area (TPSA) is 80.8 Å². The lowest BCUT2D eigenvalue weighted by atomic mass is 10.2. The Balaban J connectivity index is 2.08. The molecule has 0 aliphatic heterocycles. The van der Waals surface area contributed by atoms with Gasteiger partial charge in [-0.15, -0.1) is 0 Å². The molecule has 0 heterocycles. The average molecular weight is 524 g/mol. The lowest BCUT2D eigenvalue weighted by Crippen LogP contribution is -2.34. The summed E-state index contributed by atoms with van der Waals surface area (Å²) in [6.07, 6.45) is 2.54. The summed E-state index contributed by atoms with van der Waals surface area (Å²) in [4.78, 5) is 0. The number of sulfonamides is 2. The molecule has 33 heavy (non-hydrogen) atoms. The van der Waals surface area contributed by atoms with Crippen LogP contribution in [0.5, 0.6) is 5.75 Å². The molecule has 3 aromatic carbocycles. The first-order valence-electron chi connectivity index (χ1n) is 9.43. The van der Waals surface area contributed by atoms with E-state index >= 15 is 0 Å². The van der Waals surface area contributed by atoms with Crippen molar-refractivity contribution < 1.29 is 21.6 Å². The third-order valence-electron chi connectivity index (χ3n) is 4.29. The molecule has 0 aliphatic carbocycles. The molecule has 172 valence electrons. The van der Waals surface area contributed by atoms with Gasteiger partial charge in [0.25, 0.3) is 20.0 Å². The Bertz CT molecular complexity index is 1330. The number of methoxy groups -OCH3 is 1. The predicted molar refractivity (Wildman–Crippen MR) is 134 cm³/mol. The molecule has 0 saturated carbocycles. The number of halogens is 2. The first kappa shape index (κ1) is 24.9. The highest BCUT2D eigenvalue weighted by Crippen LogP contribution is 2.28. The van der Waals surface area contributed by atoms with Crippen LogP contribution in [0, 0.1) is 0 Å². The van der Waals surface area contributed by atoms with E-state index in [9.17, 15) is 16.8 Å². The number of nitrogens with zero attached hydrogens (tertiary/aromatic N) is 1. The third kappa shape index (κ3) is 6.61. The highest BCUT2D eigenvalue weighted by atomic mass is 35.5. The first-order chi connectivity index (χ1) is 15.6. The van der Waals surface area contributed by atoms with E-state index in [-0.39, 0.29) is 5.69 Å². The van der Waals surface area contributed by atoms with Crippen LogP contribution in [0.2, 0.25) is 10.0 Å². The minimum absolute atomic E-state index is 0.110. The van der Waals surface area contributed by atoms with E-state index in [2.05, 4.69) is 0 Å². The number of benzene rings is 3. The van der Waals surface area contributed by atoms with Crippen LogP contribution in [0.25, 0.3) is 12.2 Å². The van der Waals surface area contributed by atoms with Crippen molar-refractivity contribution in [2.45, 2.75) is 0 Å². The predicted octanol–water partition coefficient (Wildman–Crippen LogP) is 5.81. The second-order valence-corrected chi connectivity index (χ2v) is 11.1. The largest absolute Gasteiger partial charge is 0.497 e. The molecule has 0 bridgehead atoms. The Labute approximate surface area is 203 Å². The number of rotatable bonds is 8. The zero-order valence-electron chi connectivity index (χ0n) is 17.3. The number of hydrogen-bond acceptors (Lipinski definition) is 5. The van der Waals surface area contributed by atoms with E-state index < -0.39 is 20.0 Å². The zero-order valence-corrected chi connectivity index (χ0v) is 20.4. The molecule has 3 aromatic rings. The summed E-state index contributed by atoms with van der Waals surface area (Å²) in [6.45, 7) is 0. The quantitative estimate of drug-likeness (QED) is 0.372. The van der Waals surface area contributed by atoms with Crippen LogP contribution in [0.1, 0.15) is 11.1 Å². The number of anilines is 1. The fraction of sp³-hybridized carbons (Fsp3) is 0.0435. The SMILES string of the molecule is COc1cccc(N(S(=O)(=O)/C=C/c2cccc(Cl)c2)S(=O)(=O)/C=C/c2cccc(Cl)c2)c1. The maximum atomic E-state index is 13.2. The van der Waals surface area contributed by atoms with Gasteiger partial charge in [-0.3, -0.25) is 0 Å². The molecule has 10 heteroatoms. The molecule has 0 saturated heterocycles. The number of ether oxygens (including phenoxy) is 1. The molecule has 0 unspecified atom stereocenters. The standard InChI is InChI=1S/C23H19Cl2NO5S2/c1-31-23-10-4-9-22(17-23)26(32(27,28)13-11-18-5-2-7-20(24)15-18)33(29,30)14-12-19-6-3-8-21(25)16-19/h2-17H,1H3/b13-11+,14-12+. The minimum atomic E-state index is -4.49. The van der Waals surface area contributed by atoms with Crippen LogP contribution in [-0.2, 0) is 20.0 Å². The molecule has 0 radical (unpaired) electrons. The van der Waals surface area contributed by atoms with E-state index in [0.29, 0.717) is 30.6 Å². The van der Waals surface area contributed by atoms with Gasteiger partial charge >= 0.3 is 0 Å². The highest BCUT2D eigenvalue weighted by molar-refractivity contribution is 8.12. The van der Waals surface area contributed by atoms with Gasteiger partial charge in [-0.25, -0.2) is 16.8 Å². The zero-order chi connectivity index (χ0) is 24.1. The smallest absolute Gasteiger partial charge is 0.270 e. The Kier molecular flexibility index (Phi) is 7.86. The summed E-state index contributed by atoms with van der Waals surface area (Å²) in [6, 6.07) is 18.7. The normalized spacial score (nSPS) is 12.3.